The van der Waals surface area contributed by atoms with Crippen LogP contribution in [0.15, 0.2) is 48.5 Å². The highest BCUT2D eigenvalue weighted by Crippen LogP contribution is 2.32. The molecule has 0 amide bonds. The van der Waals surface area contributed by atoms with E-state index in [1.807, 2.05) is 42.5 Å². The number of nitrogens with zero attached hydrogens (tertiary/aromatic N) is 1. The van der Waals surface area contributed by atoms with Gasteiger partial charge in [-0.15, -0.1) is 0 Å². The molecule has 2 aromatic carbocycles. The van der Waals surface area contributed by atoms with Crippen LogP contribution in [0.3, 0.4) is 0 Å². The van der Waals surface area contributed by atoms with Crippen molar-refractivity contribution in [2.45, 2.75) is 31.5 Å². The minimum Gasteiger partial charge on any atom is -0.493 e. The Kier molecular flexibility index (Phi) is 5.38. The monoisotopic (exact) mass is 327 g/mol. The summed E-state index contributed by atoms with van der Waals surface area (Å²) in [6, 6.07) is 16.4. The molecule has 0 radical (unpaired) electrons. The fourth-order valence-electron chi connectivity index (χ4n) is 3.00. The molecule has 1 fully saturated rings. The van der Waals surface area contributed by atoms with Gasteiger partial charge in [-0.1, -0.05) is 36.4 Å². The highest BCUT2D eigenvalue weighted by Gasteiger charge is 2.30. The minimum absolute atomic E-state index is 0.466. The lowest BCUT2D eigenvalue weighted by Crippen LogP contribution is -2.30. The van der Waals surface area contributed by atoms with Gasteiger partial charge in [0.15, 0.2) is 11.5 Å². The van der Waals surface area contributed by atoms with Crippen molar-refractivity contribution in [2.24, 2.45) is 0 Å². The van der Waals surface area contributed by atoms with Crippen molar-refractivity contribution in [1.82, 2.24) is 4.90 Å². The molecule has 24 heavy (non-hydrogen) atoms. The van der Waals surface area contributed by atoms with Crippen LogP contribution in [0.5, 0.6) is 11.5 Å². The van der Waals surface area contributed by atoms with Gasteiger partial charge in [-0.25, -0.2) is 0 Å². The van der Waals surface area contributed by atoms with Gasteiger partial charge in [0.2, 0.25) is 0 Å². The maximum atomic E-state index is 10.5. The molecule has 1 aliphatic rings. The fourth-order valence-corrected chi connectivity index (χ4v) is 3.00. The first-order valence-corrected chi connectivity index (χ1v) is 8.39. The predicted molar refractivity (Wildman–Crippen MR) is 94.4 cm³/mol. The smallest absolute Gasteiger partial charge is 0.161 e. The van der Waals surface area contributed by atoms with Crippen molar-refractivity contribution < 1.29 is 14.6 Å². The summed E-state index contributed by atoms with van der Waals surface area (Å²) in [6.45, 7) is 1.44. The molecule has 1 saturated carbocycles. The topological polar surface area (TPSA) is 41.9 Å². The summed E-state index contributed by atoms with van der Waals surface area (Å²) in [5.41, 5.74) is 2.13. The van der Waals surface area contributed by atoms with E-state index in [0.29, 0.717) is 12.6 Å². The van der Waals surface area contributed by atoms with E-state index in [0.717, 1.165) is 23.6 Å². The summed E-state index contributed by atoms with van der Waals surface area (Å²) in [5, 5.41) is 10.5. The molecule has 0 heterocycles. The Hall–Kier alpha value is -2.04. The number of benzene rings is 2. The van der Waals surface area contributed by atoms with Gasteiger partial charge in [-0.3, -0.25) is 4.90 Å². The zero-order valence-corrected chi connectivity index (χ0v) is 14.3. The molecule has 128 valence electrons. The van der Waals surface area contributed by atoms with E-state index in [4.69, 9.17) is 9.47 Å². The summed E-state index contributed by atoms with van der Waals surface area (Å²) in [6.07, 6.45) is 1.94. The van der Waals surface area contributed by atoms with E-state index in [9.17, 15) is 5.11 Å². The minimum atomic E-state index is -0.466. The molecule has 0 bridgehead atoms. The molecule has 0 aromatic heterocycles. The highest BCUT2D eigenvalue weighted by molar-refractivity contribution is 5.42. The average molecular weight is 327 g/mol. The zero-order valence-electron chi connectivity index (χ0n) is 14.3. The molecule has 1 unspecified atom stereocenters. The summed E-state index contributed by atoms with van der Waals surface area (Å²) < 4.78 is 10.7. The lowest BCUT2D eigenvalue weighted by molar-refractivity contribution is 0.104. The van der Waals surface area contributed by atoms with Crippen LogP contribution in [0.1, 0.15) is 30.1 Å². The number of ether oxygens (including phenoxy) is 2. The van der Waals surface area contributed by atoms with Gasteiger partial charge < -0.3 is 14.6 Å². The SMILES string of the molecule is COc1ccc(CN(CC(O)c2ccccc2)C2CC2)cc1OC. The first-order valence-electron chi connectivity index (χ1n) is 8.39. The average Bonchev–Trinajstić information content (AvgIpc) is 3.46. The molecule has 1 atom stereocenters. The Bertz CT molecular complexity index is 655. The van der Waals surface area contributed by atoms with E-state index >= 15 is 0 Å². The van der Waals surface area contributed by atoms with Gasteiger partial charge in [-0.05, 0) is 36.1 Å². The number of hydrogen-bond donors (Lipinski definition) is 1. The van der Waals surface area contributed by atoms with Crippen molar-refractivity contribution in [3.63, 3.8) is 0 Å². The van der Waals surface area contributed by atoms with E-state index in [-0.39, 0.29) is 0 Å². The van der Waals surface area contributed by atoms with Crippen molar-refractivity contribution in [3.05, 3.63) is 59.7 Å². The van der Waals surface area contributed by atoms with E-state index in [2.05, 4.69) is 11.0 Å². The van der Waals surface area contributed by atoms with Crippen LogP contribution in [-0.2, 0) is 6.54 Å². The van der Waals surface area contributed by atoms with Crippen LogP contribution in [0.2, 0.25) is 0 Å². The van der Waals surface area contributed by atoms with Crippen molar-refractivity contribution in [3.8, 4) is 11.5 Å². The summed E-state index contributed by atoms with van der Waals surface area (Å²) in [7, 11) is 3.30. The molecule has 0 aliphatic heterocycles. The Balaban J connectivity index is 1.70. The van der Waals surface area contributed by atoms with Crippen LogP contribution in [0.4, 0.5) is 0 Å². The highest BCUT2D eigenvalue weighted by atomic mass is 16.5. The summed E-state index contributed by atoms with van der Waals surface area (Å²) in [4.78, 5) is 2.36. The second kappa shape index (κ2) is 7.69. The quantitative estimate of drug-likeness (QED) is 0.807. The molecule has 1 N–H and O–H groups in total. The van der Waals surface area contributed by atoms with Gasteiger partial charge >= 0.3 is 0 Å². The first-order chi connectivity index (χ1) is 11.7. The Morgan fingerprint density at radius 1 is 1.04 bits per heavy atom. The Labute approximate surface area is 143 Å². The third-order valence-corrected chi connectivity index (χ3v) is 4.49. The predicted octanol–water partition coefficient (Wildman–Crippen LogP) is 3.40. The number of hydrogen-bond acceptors (Lipinski definition) is 4. The Morgan fingerprint density at radius 3 is 2.38 bits per heavy atom. The first kappa shape index (κ1) is 16.8. The normalized spacial score (nSPS) is 15.3. The Morgan fingerprint density at radius 2 is 1.75 bits per heavy atom. The van der Waals surface area contributed by atoms with Crippen molar-refractivity contribution in [1.29, 1.82) is 0 Å². The van der Waals surface area contributed by atoms with Gasteiger partial charge in [0.05, 0.1) is 20.3 Å². The van der Waals surface area contributed by atoms with E-state index < -0.39 is 6.10 Å². The summed E-state index contributed by atoms with van der Waals surface area (Å²) in [5.74, 6) is 1.48. The molecule has 3 rings (SSSR count). The molecule has 2 aromatic rings. The van der Waals surface area contributed by atoms with Gasteiger partial charge in [-0.2, -0.15) is 0 Å². The fraction of sp³-hybridized carbons (Fsp3) is 0.400. The molecular formula is C20H25NO3. The largest absolute Gasteiger partial charge is 0.493 e. The third-order valence-electron chi connectivity index (χ3n) is 4.49. The lowest BCUT2D eigenvalue weighted by Gasteiger charge is -2.25. The van der Waals surface area contributed by atoms with Crippen LogP contribution < -0.4 is 9.47 Å². The molecular weight excluding hydrogens is 302 g/mol. The van der Waals surface area contributed by atoms with Crippen LogP contribution >= 0.6 is 0 Å². The molecule has 4 heteroatoms. The standard InChI is InChI=1S/C20H25NO3/c1-23-19-11-8-15(12-20(19)24-2)13-21(17-9-10-17)14-18(22)16-6-4-3-5-7-16/h3-8,11-12,17-18,22H,9-10,13-14H2,1-2H3. The van der Waals surface area contributed by atoms with E-state index in [1.54, 1.807) is 14.2 Å². The molecule has 4 nitrogen and oxygen atoms in total. The van der Waals surface area contributed by atoms with E-state index in [1.165, 1.54) is 18.4 Å². The third kappa shape index (κ3) is 4.08. The van der Waals surface area contributed by atoms with Crippen LogP contribution in [0.25, 0.3) is 0 Å². The zero-order chi connectivity index (χ0) is 16.9. The molecule has 1 aliphatic carbocycles. The number of aliphatic hydroxyl groups excluding tert-OH is 1. The molecule has 0 spiro atoms. The lowest BCUT2D eigenvalue weighted by atomic mass is 10.1. The van der Waals surface area contributed by atoms with Crippen molar-refractivity contribution in [2.75, 3.05) is 20.8 Å². The van der Waals surface area contributed by atoms with Crippen LogP contribution in [-0.4, -0.2) is 36.8 Å². The van der Waals surface area contributed by atoms with Crippen LogP contribution in [0, 0.1) is 0 Å². The summed E-state index contributed by atoms with van der Waals surface area (Å²) >= 11 is 0. The maximum absolute atomic E-state index is 10.5. The number of aliphatic hydroxyl groups is 1. The second-order valence-corrected chi connectivity index (χ2v) is 6.28. The maximum Gasteiger partial charge on any atom is 0.161 e. The number of methoxy groups -OCH3 is 2. The van der Waals surface area contributed by atoms with Gasteiger partial charge in [0.25, 0.3) is 0 Å². The molecule has 0 saturated heterocycles. The number of rotatable bonds is 8. The van der Waals surface area contributed by atoms with Gasteiger partial charge in [0.1, 0.15) is 0 Å². The second-order valence-electron chi connectivity index (χ2n) is 6.28. The van der Waals surface area contributed by atoms with Crippen molar-refractivity contribution >= 4 is 0 Å². The van der Waals surface area contributed by atoms with Gasteiger partial charge in [0, 0.05) is 19.1 Å².